The molecule has 3 nitrogen and oxygen atoms in total. The van der Waals surface area contributed by atoms with E-state index in [-0.39, 0.29) is 5.91 Å². The Hall–Kier alpha value is -0.680. The lowest BCUT2D eigenvalue weighted by atomic mass is 10.2. The molecular formula is C9H11BrN2OS. The number of rotatable bonds is 3. The van der Waals surface area contributed by atoms with E-state index in [0.717, 1.165) is 15.8 Å². The summed E-state index contributed by atoms with van der Waals surface area (Å²) in [4.78, 5) is 15.5. The summed E-state index contributed by atoms with van der Waals surface area (Å²) in [6.45, 7) is 3.79. The van der Waals surface area contributed by atoms with Gasteiger partial charge in [0.15, 0.2) is 5.13 Å². The maximum Gasteiger partial charge on any atom is 0.252 e. The molecule has 0 radical (unpaired) electrons. The second-order valence-electron chi connectivity index (χ2n) is 2.72. The topological polar surface area (TPSA) is 42.0 Å². The Morgan fingerprint density at radius 2 is 2.50 bits per heavy atom. The van der Waals surface area contributed by atoms with Crippen molar-refractivity contribution in [3.63, 3.8) is 0 Å². The van der Waals surface area contributed by atoms with Crippen molar-refractivity contribution in [2.45, 2.75) is 20.3 Å². The van der Waals surface area contributed by atoms with E-state index in [1.54, 1.807) is 13.1 Å². The fourth-order valence-corrected chi connectivity index (χ4v) is 2.01. The number of carbonyl (C=O) groups excluding carboxylic acids is 1. The monoisotopic (exact) mass is 274 g/mol. The Balaban J connectivity index is 2.61. The summed E-state index contributed by atoms with van der Waals surface area (Å²) < 4.78 is 0.907. The summed E-state index contributed by atoms with van der Waals surface area (Å²) in [6, 6.07) is 0. The predicted molar refractivity (Wildman–Crippen MR) is 62.5 cm³/mol. The quantitative estimate of drug-likeness (QED) is 0.861. The lowest BCUT2D eigenvalue weighted by Gasteiger charge is -2.00. The highest BCUT2D eigenvalue weighted by atomic mass is 79.9. The van der Waals surface area contributed by atoms with Crippen LogP contribution in [0.25, 0.3) is 0 Å². The van der Waals surface area contributed by atoms with Gasteiger partial charge in [-0.25, -0.2) is 4.98 Å². The smallest absolute Gasteiger partial charge is 0.252 e. The molecule has 0 aromatic carbocycles. The van der Waals surface area contributed by atoms with Gasteiger partial charge in [-0.05, 0) is 29.3 Å². The van der Waals surface area contributed by atoms with Crippen LogP contribution >= 0.6 is 27.3 Å². The maximum absolute atomic E-state index is 11.5. The predicted octanol–water partition coefficient (Wildman–Crippen LogP) is 3.20. The maximum atomic E-state index is 11.5. The van der Waals surface area contributed by atoms with Gasteiger partial charge in [0, 0.05) is 5.57 Å². The molecule has 0 unspecified atom stereocenters. The van der Waals surface area contributed by atoms with Gasteiger partial charge in [-0.3, -0.25) is 10.1 Å². The summed E-state index contributed by atoms with van der Waals surface area (Å²) >= 11 is 4.68. The number of halogens is 1. The van der Waals surface area contributed by atoms with E-state index in [2.05, 4.69) is 26.2 Å². The highest BCUT2D eigenvalue weighted by Gasteiger charge is 2.06. The summed E-state index contributed by atoms with van der Waals surface area (Å²) in [7, 11) is 0. The van der Waals surface area contributed by atoms with E-state index < -0.39 is 0 Å². The zero-order valence-electron chi connectivity index (χ0n) is 8.00. The van der Waals surface area contributed by atoms with Gasteiger partial charge < -0.3 is 0 Å². The Labute approximate surface area is 95.4 Å². The van der Waals surface area contributed by atoms with E-state index in [1.807, 2.05) is 13.0 Å². The number of hydrogen-bond acceptors (Lipinski definition) is 3. The van der Waals surface area contributed by atoms with E-state index in [0.29, 0.717) is 5.13 Å². The van der Waals surface area contributed by atoms with Crippen molar-refractivity contribution in [2.24, 2.45) is 0 Å². The summed E-state index contributed by atoms with van der Waals surface area (Å²) in [5.74, 6) is -0.0892. The van der Waals surface area contributed by atoms with Gasteiger partial charge in [0.05, 0.1) is 9.98 Å². The normalized spacial score (nSPS) is 11.5. The van der Waals surface area contributed by atoms with Crippen LogP contribution in [-0.2, 0) is 4.79 Å². The van der Waals surface area contributed by atoms with Crippen LogP contribution in [0.4, 0.5) is 5.13 Å². The average Bonchev–Trinajstić information content (AvgIpc) is 2.51. The standard InChI is InChI=1S/C9H11BrN2OS/c1-3-4-6(2)8(13)12-9-11-5-7(10)14-9/h4-5H,3H2,1-2H3,(H,11,12,13)/b6-4-. The largest absolute Gasteiger partial charge is 0.298 e. The van der Waals surface area contributed by atoms with Gasteiger partial charge in [-0.2, -0.15) is 0 Å². The van der Waals surface area contributed by atoms with Crippen molar-refractivity contribution in [2.75, 3.05) is 5.32 Å². The first-order valence-corrected chi connectivity index (χ1v) is 5.84. The molecule has 0 fully saturated rings. The van der Waals surface area contributed by atoms with Crippen LogP contribution in [0.15, 0.2) is 21.6 Å². The SMILES string of the molecule is CC/C=C(/C)C(=O)Nc1ncc(Br)s1. The molecule has 0 aliphatic rings. The molecule has 0 aliphatic heterocycles. The molecule has 1 amide bonds. The lowest BCUT2D eigenvalue weighted by Crippen LogP contribution is -2.12. The molecule has 0 bridgehead atoms. The van der Waals surface area contributed by atoms with Crippen molar-refractivity contribution >= 4 is 38.3 Å². The molecule has 0 saturated carbocycles. The number of hydrogen-bond donors (Lipinski definition) is 1. The molecular weight excluding hydrogens is 264 g/mol. The van der Waals surface area contributed by atoms with Crippen LogP contribution in [0, 0.1) is 0 Å². The number of carbonyl (C=O) groups is 1. The molecule has 0 aliphatic carbocycles. The molecule has 76 valence electrons. The first kappa shape index (κ1) is 11.4. The number of nitrogens with zero attached hydrogens (tertiary/aromatic N) is 1. The Morgan fingerprint density at radius 1 is 1.79 bits per heavy atom. The van der Waals surface area contributed by atoms with E-state index >= 15 is 0 Å². The number of aromatic nitrogens is 1. The molecule has 1 heterocycles. The van der Waals surface area contributed by atoms with E-state index in [1.165, 1.54) is 11.3 Å². The fourth-order valence-electron chi connectivity index (χ4n) is 0.907. The second-order valence-corrected chi connectivity index (χ2v) is 5.13. The van der Waals surface area contributed by atoms with Gasteiger partial charge >= 0.3 is 0 Å². The minimum absolute atomic E-state index is 0.0892. The van der Waals surface area contributed by atoms with Gasteiger partial charge in [-0.1, -0.05) is 24.3 Å². The van der Waals surface area contributed by atoms with Crippen molar-refractivity contribution in [1.29, 1.82) is 0 Å². The Morgan fingerprint density at radius 3 is 3.00 bits per heavy atom. The highest BCUT2D eigenvalue weighted by Crippen LogP contribution is 2.23. The number of thiazole rings is 1. The molecule has 1 aromatic heterocycles. The Bertz CT molecular complexity index is 359. The molecule has 0 saturated heterocycles. The summed E-state index contributed by atoms with van der Waals surface area (Å²) in [5, 5.41) is 3.33. The van der Waals surface area contributed by atoms with Crippen molar-refractivity contribution in [3.8, 4) is 0 Å². The number of nitrogens with one attached hydrogen (secondary N) is 1. The van der Waals surface area contributed by atoms with Gasteiger partial charge in [0.25, 0.3) is 5.91 Å². The fraction of sp³-hybridized carbons (Fsp3) is 0.333. The molecule has 1 N–H and O–H groups in total. The van der Waals surface area contributed by atoms with Crippen molar-refractivity contribution in [3.05, 3.63) is 21.6 Å². The van der Waals surface area contributed by atoms with E-state index in [4.69, 9.17) is 0 Å². The van der Waals surface area contributed by atoms with Gasteiger partial charge in [0.1, 0.15) is 0 Å². The first-order valence-electron chi connectivity index (χ1n) is 4.23. The van der Waals surface area contributed by atoms with E-state index in [9.17, 15) is 4.79 Å². The third kappa shape index (κ3) is 3.23. The molecule has 5 heteroatoms. The molecule has 1 aromatic rings. The Kier molecular flexibility index (Phi) is 4.28. The third-order valence-corrected chi connectivity index (χ3v) is 2.96. The highest BCUT2D eigenvalue weighted by molar-refractivity contribution is 9.11. The number of amides is 1. The van der Waals surface area contributed by atoms with Crippen LogP contribution in [0.3, 0.4) is 0 Å². The summed E-state index contributed by atoms with van der Waals surface area (Å²) in [6.07, 6.45) is 4.41. The van der Waals surface area contributed by atoms with Gasteiger partial charge in [-0.15, -0.1) is 0 Å². The van der Waals surface area contributed by atoms with Crippen LogP contribution in [-0.4, -0.2) is 10.9 Å². The van der Waals surface area contributed by atoms with Crippen LogP contribution in [0.2, 0.25) is 0 Å². The molecule has 14 heavy (non-hydrogen) atoms. The molecule has 0 spiro atoms. The second kappa shape index (κ2) is 5.26. The minimum atomic E-state index is -0.0892. The minimum Gasteiger partial charge on any atom is -0.298 e. The third-order valence-electron chi connectivity index (χ3n) is 1.57. The molecule has 1 rings (SSSR count). The number of anilines is 1. The zero-order valence-corrected chi connectivity index (χ0v) is 10.4. The first-order chi connectivity index (χ1) is 6.63. The number of allylic oxidation sites excluding steroid dienone is 1. The van der Waals surface area contributed by atoms with Crippen LogP contribution in [0.5, 0.6) is 0 Å². The zero-order chi connectivity index (χ0) is 10.6. The van der Waals surface area contributed by atoms with Crippen LogP contribution in [0.1, 0.15) is 20.3 Å². The van der Waals surface area contributed by atoms with Gasteiger partial charge in [0.2, 0.25) is 0 Å². The molecule has 0 atom stereocenters. The van der Waals surface area contributed by atoms with Crippen molar-refractivity contribution < 1.29 is 4.79 Å². The van der Waals surface area contributed by atoms with Crippen LogP contribution < -0.4 is 5.32 Å². The summed E-state index contributed by atoms with van der Waals surface area (Å²) in [5.41, 5.74) is 0.721. The lowest BCUT2D eigenvalue weighted by molar-refractivity contribution is -0.112. The van der Waals surface area contributed by atoms with Crippen molar-refractivity contribution in [1.82, 2.24) is 4.98 Å². The average molecular weight is 275 g/mol.